The average molecular weight is 393 g/mol. The van der Waals surface area contributed by atoms with Gasteiger partial charge in [-0.25, -0.2) is 0 Å². The van der Waals surface area contributed by atoms with Crippen molar-refractivity contribution in [2.75, 3.05) is 11.9 Å². The fourth-order valence-corrected chi connectivity index (χ4v) is 2.83. The van der Waals surface area contributed by atoms with Gasteiger partial charge in [-0.15, -0.1) is 0 Å². The molecule has 0 unspecified atom stereocenters. The minimum absolute atomic E-state index is 0.0961. The molecular weight excluding hydrogens is 374 g/mol. The van der Waals surface area contributed by atoms with E-state index < -0.39 is 18.5 Å². The van der Waals surface area contributed by atoms with E-state index in [0.29, 0.717) is 22.5 Å². The van der Waals surface area contributed by atoms with Gasteiger partial charge in [0.2, 0.25) is 0 Å². The van der Waals surface area contributed by atoms with Crippen molar-refractivity contribution in [3.63, 3.8) is 0 Å². The first-order valence-electron chi connectivity index (χ1n) is 9.28. The lowest BCUT2D eigenvalue weighted by atomic mass is 10.2. The van der Waals surface area contributed by atoms with Crippen LogP contribution in [0.4, 0.5) is 5.69 Å². The Bertz CT molecular complexity index is 1070. The molecule has 1 aliphatic carbocycles. The molecule has 0 atom stereocenters. The quantitative estimate of drug-likeness (QED) is 0.597. The third-order valence-electron chi connectivity index (χ3n) is 4.45. The lowest BCUT2D eigenvalue weighted by Gasteiger charge is -2.08. The van der Waals surface area contributed by atoms with Gasteiger partial charge >= 0.3 is 5.97 Å². The summed E-state index contributed by atoms with van der Waals surface area (Å²) >= 11 is 0. The van der Waals surface area contributed by atoms with Gasteiger partial charge in [-0.05, 0) is 43.2 Å². The molecule has 1 saturated carbocycles. The third-order valence-corrected chi connectivity index (χ3v) is 4.45. The van der Waals surface area contributed by atoms with Gasteiger partial charge in [0.1, 0.15) is 5.69 Å². The molecule has 0 radical (unpaired) electrons. The van der Waals surface area contributed by atoms with Crippen molar-refractivity contribution in [2.45, 2.75) is 25.3 Å². The van der Waals surface area contributed by atoms with Crippen LogP contribution in [-0.2, 0) is 20.7 Å². The van der Waals surface area contributed by atoms with Crippen molar-refractivity contribution in [1.29, 1.82) is 0 Å². The number of hydrogen-bond donors (Lipinski definition) is 2. The number of ether oxygens (including phenoxy) is 1. The summed E-state index contributed by atoms with van der Waals surface area (Å²) in [4.78, 5) is 36.2. The third kappa shape index (κ3) is 4.78. The second-order valence-electron chi connectivity index (χ2n) is 6.84. The molecule has 0 bridgehead atoms. The van der Waals surface area contributed by atoms with Gasteiger partial charge in [0.05, 0.1) is 6.42 Å². The minimum atomic E-state index is -0.586. The number of para-hydroxylation sites is 1. The van der Waals surface area contributed by atoms with Crippen LogP contribution < -0.4 is 10.6 Å². The number of hydrogen-bond acceptors (Lipinski definition) is 6. The minimum Gasteiger partial charge on any atom is -0.455 e. The molecule has 29 heavy (non-hydrogen) atoms. The van der Waals surface area contributed by atoms with Crippen LogP contribution in [-0.4, -0.2) is 35.6 Å². The maximum absolute atomic E-state index is 12.1. The Hall–Kier alpha value is -3.68. The first-order valence-corrected chi connectivity index (χ1v) is 9.28. The highest BCUT2D eigenvalue weighted by Crippen LogP contribution is 2.20. The summed E-state index contributed by atoms with van der Waals surface area (Å²) in [7, 11) is 0. The molecule has 1 fully saturated rings. The van der Waals surface area contributed by atoms with Crippen LogP contribution >= 0.6 is 0 Å². The van der Waals surface area contributed by atoms with Crippen molar-refractivity contribution in [2.24, 2.45) is 0 Å². The molecule has 0 saturated heterocycles. The summed E-state index contributed by atoms with van der Waals surface area (Å²) in [6.45, 7) is -0.437. The molecule has 3 aromatic rings. The molecule has 1 aromatic heterocycles. The number of carbonyl (C=O) groups excluding carboxylic acids is 3. The maximum Gasteiger partial charge on any atom is 0.312 e. The van der Waals surface area contributed by atoms with E-state index in [1.54, 1.807) is 36.4 Å². The second kappa shape index (κ2) is 8.14. The van der Waals surface area contributed by atoms with Gasteiger partial charge in [-0.3, -0.25) is 14.4 Å². The first-order chi connectivity index (χ1) is 14.1. The zero-order valence-electron chi connectivity index (χ0n) is 15.5. The molecule has 0 aliphatic heterocycles. The summed E-state index contributed by atoms with van der Waals surface area (Å²) in [5.74, 6) is -1.25. The Morgan fingerprint density at radius 2 is 1.93 bits per heavy atom. The monoisotopic (exact) mass is 393 g/mol. The number of benzene rings is 2. The summed E-state index contributed by atoms with van der Waals surface area (Å²) in [5.41, 5.74) is 1.96. The maximum atomic E-state index is 12.1. The molecule has 4 rings (SSSR count). The van der Waals surface area contributed by atoms with Crippen LogP contribution in [0.1, 0.15) is 28.9 Å². The van der Waals surface area contributed by atoms with Crippen LogP contribution in [0, 0.1) is 0 Å². The van der Waals surface area contributed by atoms with Gasteiger partial charge < -0.3 is 19.9 Å². The van der Waals surface area contributed by atoms with Crippen LogP contribution in [0.25, 0.3) is 11.0 Å². The second-order valence-corrected chi connectivity index (χ2v) is 6.84. The number of nitrogens with one attached hydrogen (secondary N) is 2. The molecule has 8 nitrogen and oxygen atoms in total. The summed E-state index contributed by atoms with van der Waals surface area (Å²) in [6.07, 6.45) is 1.90. The number of fused-ring (bicyclic) bond motifs is 1. The van der Waals surface area contributed by atoms with E-state index in [1.165, 1.54) is 0 Å². The molecule has 0 spiro atoms. The van der Waals surface area contributed by atoms with Crippen molar-refractivity contribution < 1.29 is 23.6 Å². The van der Waals surface area contributed by atoms with Crippen LogP contribution in [0.2, 0.25) is 0 Å². The van der Waals surface area contributed by atoms with Crippen molar-refractivity contribution in [3.05, 3.63) is 59.8 Å². The van der Waals surface area contributed by atoms with Crippen LogP contribution in [0.15, 0.2) is 53.1 Å². The Labute approximate surface area is 166 Å². The van der Waals surface area contributed by atoms with Crippen molar-refractivity contribution in [3.8, 4) is 0 Å². The molecular formula is C21H19N3O5. The molecule has 148 valence electrons. The predicted octanol–water partition coefficient (Wildman–Crippen LogP) is 2.44. The van der Waals surface area contributed by atoms with E-state index in [0.717, 1.165) is 18.2 Å². The smallest absolute Gasteiger partial charge is 0.312 e. The Morgan fingerprint density at radius 3 is 2.76 bits per heavy atom. The van der Waals surface area contributed by atoms with Gasteiger partial charge in [0, 0.05) is 22.7 Å². The molecule has 2 N–H and O–H groups in total. The number of amides is 2. The Balaban J connectivity index is 1.28. The fourth-order valence-electron chi connectivity index (χ4n) is 2.83. The Morgan fingerprint density at radius 1 is 1.10 bits per heavy atom. The van der Waals surface area contributed by atoms with E-state index >= 15 is 0 Å². The summed E-state index contributed by atoms with van der Waals surface area (Å²) in [6, 6.07) is 14.0. The molecule has 1 aliphatic rings. The summed E-state index contributed by atoms with van der Waals surface area (Å²) < 4.78 is 10.2. The Kier molecular flexibility index (Phi) is 5.24. The number of esters is 1. The van der Waals surface area contributed by atoms with Gasteiger partial charge in [-0.1, -0.05) is 23.4 Å². The molecule has 1 heterocycles. The molecule has 8 heteroatoms. The zero-order valence-corrected chi connectivity index (χ0v) is 15.5. The zero-order chi connectivity index (χ0) is 20.2. The number of rotatable bonds is 7. The van der Waals surface area contributed by atoms with E-state index in [2.05, 4.69) is 15.8 Å². The number of carbonyl (C=O) groups is 3. The normalized spacial score (nSPS) is 13.1. The van der Waals surface area contributed by atoms with Gasteiger partial charge in [0.15, 0.2) is 12.2 Å². The average Bonchev–Trinajstić information content (AvgIpc) is 3.45. The SMILES string of the molecule is O=C(COC(=O)Cc1noc2ccccc12)Nc1cccc(C(=O)NC2CC2)c1. The highest BCUT2D eigenvalue weighted by atomic mass is 16.5. The highest BCUT2D eigenvalue weighted by Gasteiger charge is 2.23. The first kappa shape index (κ1) is 18.7. The standard InChI is InChI=1S/C21H19N3O5/c25-19(22-15-5-3-4-13(10-15)21(27)23-14-8-9-14)12-28-20(26)11-17-16-6-1-2-7-18(16)29-24-17/h1-7,10,14H,8-9,11-12H2,(H,22,25)(H,23,27). The van der Waals surface area contributed by atoms with E-state index in [1.807, 2.05) is 12.1 Å². The van der Waals surface area contributed by atoms with Crippen LogP contribution in [0.3, 0.4) is 0 Å². The van der Waals surface area contributed by atoms with E-state index in [9.17, 15) is 14.4 Å². The number of aromatic nitrogens is 1. The van der Waals surface area contributed by atoms with Gasteiger partial charge in [-0.2, -0.15) is 0 Å². The topological polar surface area (TPSA) is 111 Å². The molecule has 2 aromatic carbocycles. The van der Waals surface area contributed by atoms with E-state index in [-0.39, 0.29) is 18.4 Å². The lowest BCUT2D eigenvalue weighted by Crippen LogP contribution is -2.25. The number of anilines is 1. The van der Waals surface area contributed by atoms with Gasteiger partial charge in [0.25, 0.3) is 11.8 Å². The fraction of sp³-hybridized carbons (Fsp3) is 0.238. The predicted molar refractivity (Wildman–Crippen MR) is 104 cm³/mol. The number of nitrogens with zero attached hydrogens (tertiary/aromatic N) is 1. The van der Waals surface area contributed by atoms with Crippen molar-refractivity contribution >= 4 is 34.4 Å². The van der Waals surface area contributed by atoms with Crippen molar-refractivity contribution in [1.82, 2.24) is 10.5 Å². The lowest BCUT2D eigenvalue weighted by molar-refractivity contribution is -0.146. The molecule has 2 amide bonds. The van der Waals surface area contributed by atoms with E-state index in [4.69, 9.17) is 9.26 Å². The largest absolute Gasteiger partial charge is 0.455 e. The van der Waals surface area contributed by atoms with Crippen LogP contribution in [0.5, 0.6) is 0 Å². The summed E-state index contributed by atoms with van der Waals surface area (Å²) in [5, 5.41) is 10.1. The highest BCUT2D eigenvalue weighted by molar-refractivity contribution is 5.98.